The summed E-state index contributed by atoms with van der Waals surface area (Å²) in [7, 11) is 0. The monoisotopic (exact) mass is 300 g/mol. The van der Waals surface area contributed by atoms with Crippen molar-refractivity contribution in [3.63, 3.8) is 0 Å². The van der Waals surface area contributed by atoms with Crippen LogP contribution in [0.3, 0.4) is 0 Å². The first kappa shape index (κ1) is 13.1. The second kappa shape index (κ2) is 5.11. The minimum absolute atomic E-state index is 0.514. The topological polar surface area (TPSA) is 38.0 Å². The fourth-order valence-electron chi connectivity index (χ4n) is 2.74. The predicted octanol–water partition coefficient (Wildman–Crippen LogP) is 3.21. The van der Waals surface area contributed by atoms with Crippen LogP contribution in [0.25, 0.3) is 0 Å². The van der Waals surface area contributed by atoms with E-state index >= 15 is 0 Å². The molecular formula is C13H21BrN2O. The van der Waals surface area contributed by atoms with Crippen molar-refractivity contribution in [3.8, 4) is 0 Å². The van der Waals surface area contributed by atoms with Crippen molar-refractivity contribution >= 4 is 15.9 Å². The van der Waals surface area contributed by atoms with Gasteiger partial charge in [-0.05, 0) is 42.6 Å². The average Bonchev–Trinajstić information content (AvgIpc) is 2.57. The zero-order valence-corrected chi connectivity index (χ0v) is 12.3. The molecule has 0 radical (unpaired) electrons. The van der Waals surface area contributed by atoms with Gasteiger partial charge in [-0.2, -0.15) is 5.10 Å². The van der Waals surface area contributed by atoms with Crippen LogP contribution in [0.1, 0.15) is 50.4 Å². The van der Waals surface area contributed by atoms with E-state index in [4.69, 9.17) is 0 Å². The summed E-state index contributed by atoms with van der Waals surface area (Å²) in [6.07, 6.45) is 6.12. The second-order valence-electron chi connectivity index (χ2n) is 5.12. The lowest BCUT2D eigenvalue weighted by atomic mass is 9.81. The quantitative estimate of drug-likeness (QED) is 0.931. The van der Waals surface area contributed by atoms with Crippen LogP contribution in [0.15, 0.2) is 4.47 Å². The van der Waals surface area contributed by atoms with Crippen molar-refractivity contribution in [2.24, 2.45) is 0 Å². The smallest absolute Gasteiger partial charge is 0.0738 e. The van der Waals surface area contributed by atoms with Gasteiger partial charge in [0, 0.05) is 13.0 Å². The van der Waals surface area contributed by atoms with E-state index in [0.717, 1.165) is 54.5 Å². The van der Waals surface area contributed by atoms with Gasteiger partial charge in [-0.15, -0.1) is 0 Å². The first-order valence-corrected chi connectivity index (χ1v) is 7.29. The third kappa shape index (κ3) is 2.74. The van der Waals surface area contributed by atoms with Gasteiger partial charge in [0.25, 0.3) is 0 Å². The molecule has 1 fully saturated rings. The Bertz CT molecular complexity index is 394. The molecule has 0 spiro atoms. The van der Waals surface area contributed by atoms with Crippen molar-refractivity contribution in [3.05, 3.63) is 15.9 Å². The number of aromatic nitrogens is 2. The van der Waals surface area contributed by atoms with Crippen molar-refractivity contribution in [1.29, 1.82) is 0 Å². The van der Waals surface area contributed by atoms with Crippen molar-refractivity contribution in [2.45, 2.75) is 64.5 Å². The summed E-state index contributed by atoms with van der Waals surface area (Å²) in [6.45, 7) is 4.95. The number of aryl methyl sites for hydroxylation is 2. The lowest BCUT2D eigenvalue weighted by Crippen LogP contribution is -2.34. The molecule has 0 atom stereocenters. The number of nitrogens with zero attached hydrogens (tertiary/aromatic N) is 2. The maximum Gasteiger partial charge on any atom is 0.0738 e. The molecule has 0 amide bonds. The minimum Gasteiger partial charge on any atom is -0.389 e. The highest BCUT2D eigenvalue weighted by Gasteiger charge is 2.31. The molecule has 1 aromatic heterocycles. The fourth-order valence-corrected chi connectivity index (χ4v) is 3.16. The predicted molar refractivity (Wildman–Crippen MR) is 72.1 cm³/mol. The van der Waals surface area contributed by atoms with Gasteiger partial charge in [0.1, 0.15) is 0 Å². The van der Waals surface area contributed by atoms with Gasteiger partial charge in [-0.3, -0.25) is 4.68 Å². The highest BCUT2D eigenvalue weighted by molar-refractivity contribution is 9.10. The maximum atomic E-state index is 10.6. The summed E-state index contributed by atoms with van der Waals surface area (Å²) in [5, 5.41) is 15.1. The van der Waals surface area contributed by atoms with Crippen LogP contribution in [-0.2, 0) is 13.0 Å². The number of hydrogen-bond acceptors (Lipinski definition) is 2. The fraction of sp³-hybridized carbons (Fsp3) is 0.769. The number of halogens is 1. The van der Waals surface area contributed by atoms with E-state index in [0.29, 0.717) is 0 Å². The Labute approximate surface area is 111 Å². The molecule has 1 heterocycles. The minimum atomic E-state index is -0.514. The van der Waals surface area contributed by atoms with Gasteiger partial charge in [0.15, 0.2) is 0 Å². The Morgan fingerprint density at radius 2 is 2.00 bits per heavy atom. The molecule has 1 saturated carbocycles. The summed E-state index contributed by atoms with van der Waals surface area (Å²) in [4.78, 5) is 0. The number of hydrogen-bond donors (Lipinski definition) is 1. The summed E-state index contributed by atoms with van der Waals surface area (Å²) in [5.41, 5.74) is 1.65. The summed E-state index contributed by atoms with van der Waals surface area (Å²) in [5.74, 6) is 0. The van der Waals surface area contributed by atoms with Crippen LogP contribution >= 0.6 is 15.9 Å². The molecule has 3 nitrogen and oxygen atoms in total. The Morgan fingerprint density at radius 3 is 2.59 bits per heavy atom. The van der Waals surface area contributed by atoms with E-state index < -0.39 is 5.60 Å². The first-order chi connectivity index (χ1) is 8.06. The molecule has 2 rings (SSSR count). The van der Waals surface area contributed by atoms with Gasteiger partial charge in [-0.25, -0.2) is 0 Å². The van der Waals surface area contributed by atoms with E-state index in [1.165, 1.54) is 6.42 Å². The average molecular weight is 301 g/mol. The zero-order valence-electron chi connectivity index (χ0n) is 10.7. The Balaban J connectivity index is 2.22. The largest absolute Gasteiger partial charge is 0.389 e. The maximum absolute atomic E-state index is 10.6. The molecule has 0 aromatic carbocycles. The van der Waals surface area contributed by atoms with Gasteiger partial charge >= 0.3 is 0 Å². The summed E-state index contributed by atoms with van der Waals surface area (Å²) < 4.78 is 3.07. The molecule has 0 unspecified atom stereocenters. The van der Waals surface area contributed by atoms with Gasteiger partial charge in [0.2, 0.25) is 0 Å². The van der Waals surface area contributed by atoms with Gasteiger partial charge < -0.3 is 5.11 Å². The lowest BCUT2D eigenvalue weighted by Gasteiger charge is -2.32. The Morgan fingerprint density at radius 1 is 1.35 bits per heavy atom. The molecule has 4 heteroatoms. The van der Waals surface area contributed by atoms with Crippen molar-refractivity contribution in [1.82, 2.24) is 9.78 Å². The van der Waals surface area contributed by atoms with Crippen molar-refractivity contribution < 1.29 is 5.11 Å². The van der Waals surface area contributed by atoms with E-state index in [-0.39, 0.29) is 0 Å². The molecule has 1 aliphatic carbocycles. The third-order valence-electron chi connectivity index (χ3n) is 3.73. The standard InChI is InChI=1S/C13H21BrN2O/c1-3-16-11(12(14)10(2)15-16)9-13(17)7-5-4-6-8-13/h17H,3-9H2,1-2H3. The molecule has 0 aliphatic heterocycles. The van der Waals surface area contributed by atoms with Crippen LogP contribution in [0.4, 0.5) is 0 Å². The second-order valence-corrected chi connectivity index (χ2v) is 5.92. The molecular weight excluding hydrogens is 280 g/mol. The molecule has 1 aliphatic rings. The van der Waals surface area contributed by atoms with Gasteiger partial charge in [0.05, 0.1) is 21.5 Å². The highest BCUT2D eigenvalue weighted by Crippen LogP contribution is 2.33. The first-order valence-electron chi connectivity index (χ1n) is 6.50. The number of aliphatic hydroxyl groups is 1. The molecule has 96 valence electrons. The van der Waals surface area contributed by atoms with Crippen molar-refractivity contribution in [2.75, 3.05) is 0 Å². The Kier molecular flexibility index (Phi) is 3.93. The van der Waals surface area contributed by atoms with E-state index in [1.54, 1.807) is 0 Å². The number of rotatable bonds is 3. The van der Waals surface area contributed by atoms with Crippen LogP contribution in [0, 0.1) is 6.92 Å². The highest BCUT2D eigenvalue weighted by atomic mass is 79.9. The van der Waals surface area contributed by atoms with Crippen LogP contribution in [-0.4, -0.2) is 20.5 Å². The molecule has 17 heavy (non-hydrogen) atoms. The summed E-state index contributed by atoms with van der Waals surface area (Å²) in [6, 6.07) is 0. The Hall–Kier alpha value is -0.350. The molecule has 0 bridgehead atoms. The molecule has 1 N–H and O–H groups in total. The van der Waals surface area contributed by atoms with Crippen LogP contribution < -0.4 is 0 Å². The molecule has 1 aromatic rings. The summed E-state index contributed by atoms with van der Waals surface area (Å²) >= 11 is 3.60. The normalized spacial score (nSPS) is 19.5. The third-order valence-corrected chi connectivity index (χ3v) is 4.77. The lowest BCUT2D eigenvalue weighted by molar-refractivity contribution is 0.00264. The van der Waals surface area contributed by atoms with Crippen LogP contribution in [0.2, 0.25) is 0 Å². The van der Waals surface area contributed by atoms with E-state index in [9.17, 15) is 5.11 Å². The van der Waals surface area contributed by atoms with Gasteiger partial charge in [-0.1, -0.05) is 19.3 Å². The van der Waals surface area contributed by atoms with Crippen LogP contribution in [0.5, 0.6) is 0 Å². The zero-order chi connectivity index (χ0) is 12.5. The van der Waals surface area contributed by atoms with E-state index in [2.05, 4.69) is 28.0 Å². The molecule has 0 saturated heterocycles. The SMILES string of the molecule is CCn1nc(C)c(Br)c1CC1(O)CCCCC1. The van der Waals surface area contributed by atoms with E-state index in [1.807, 2.05) is 11.6 Å².